The molecule has 2 amide bonds. The largest absolute Gasteiger partial charge is 0.354 e. The Hall–Kier alpha value is -2.15. The van der Waals surface area contributed by atoms with Gasteiger partial charge in [0.1, 0.15) is 11.6 Å². The molecular formula is C19H30N6O. The normalized spacial score (nSPS) is 18.3. The molecule has 1 saturated heterocycles. The van der Waals surface area contributed by atoms with Crippen molar-refractivity contribution in [3.8, 4) is 0 Å². The van der Waals surface area contributed by atoms with Crippen molar-refractivity contribution < 1.29 is 4.79 Å². The van der Waals surface area contributed by atoms with Gasteiger partial charge in [0.2, 0.25) is 0 Å². The number of carbonyl (C=O) groups excluding carboxylic acids is 1. The van der Waals surface area contributed by atoms with E-state index in [0.29, 0.717) is 6.54 Å². The van der Waals surface area contributed by atoms with Crippen LogP contribution in [0.15, 0.2) is 12.7 Å². The van der Waals surface area contributed by atoms with E-state index in [1.807, 2.05) is 17.9 Å². The first kappa shape index (κ1) is 18.6. The first-order chi connectivity index (χ1) is 12.5. The summed E-state index contributed by atoms with van der Waals surface area (Å²) in [6.45, 7) is 12.2. The molecule has 1 aromatic rings. The highest BCUT2D eigenvalue weighted by molar-refractivity contribution is 5.74. The topological polar surface area (TPSA) is 55.8 Å². The molecule has 0 atom stereocenters. The zero-order valence-electron chi connectivity index (χ0n) is 16.2. The summed E-state index contributed by atoms with van der Waals surface area (Å²) in [4.78, 5) is 30.2. The summed E-state index contributed by atoms with van der Waals surface area (Å²) in [6.07, 6.45) is 3.58. The van der Waals surface area contributed by atoms with Gasteiger partial charge in [0.15, 0.2) is 0 Å². The molecule has 0 spiro atoms. The summed E-state index contributed by atoms with van der Waals surface area (Å²) < 4.78 is 0. The van der Waals surface area contributed by atoms with Crippen LogP contribution in [0.3, 0.4) is 0 Å². The maximum absolute atomic E-state index is 12.3. The smallest absolute Gasteiger partial charge is 0.319 e. The zero-order valence-corrected chi connectivity index (χ0v) is 16.2. The summed E-state index contributed by atoms with van der Waals surface area (Å²) in [7, 11) is 3.61. The average Bonchev–Trinajstić information content (AvgIpc) is 2.84. The Morgan fingerprint density at radius 2 is 1.81 bits per heavy atom. The second kappa shape index (κ2) is 8.03. The number of aryl methyl sites for hydroxylation is 1. The van der Waals surface area contributed by atoms with Crippen LogP contribution in [0.5, 0.6) is 0 Å². The zero-order chi connectivity index (χ0) is 18.7. The molecule has 0 N–H and O–H groups in total. The molecule has 2 aliphatic heterocycles. The van der Waals surface area contributed by atoms with E-state index in [0.717, 1.165) is 69.4 Å². The number of carbonyl (C=O) groups is 1. The molecule has 26 heavy (non-hydrogen) atoms. The third kappa shape index (κ3) is 3.98. The molecule has 0 aliphatic carbocycles. The second-order valence-electron chi connectivity index (χ2n) is 7.26. The van der Waals surface area contributed by atoms with Gasteiger partial charge in [-0.15, -0.1) is 6.58 Å². The fraction of sp³-hybridized carbons (Fsp3) is 0.632. The van der Waals surface area contributed by atoms with Gasteiger partial charge in [0, 0.05) is 71.9 Å². The summed E-state index contributed by atoms with van der Waals surface area (Å²) >= 11 is 0. The molecule has 3 heterocycles. The average molecular weight is 358 g/mol. The molecule has 142 valence electrons. The van der Waals surface area contributed by atoms with E-state index in [2.05, 4.69) is 16.4 Å². The highest BCUT2D eigenvalue weighted by Gasteiger charge is 2.26. The maximum atomic E-state index is 12.3. The third-order valence-corrected chi connectivity index (χ3v) is 5.15. The number of hydrogen-bond acceptors (Lipinski definition) is 5. The summed E-state index contributed by atoms with van der Waals surface area (Å²) in [5.74, 6) is 1.89. The Balaban J connectivity index is 1.79. The number of aromatic nitrogens is 2. The molecule has 0 radical (unpaired) electrons. The van der Waals surface area contributed by atoms with Crippen LogP contribution in [-0.4, -0.2) is 90.6 Å². The molecule has 0 saturated carbocycles. The number of hydrogen-bond donors (Lipinski definition) is 0. The van der Waals surface area contributed by atoms with Crippen LogP contribution in [0.1, 0.15) is 17.1 Å². The minimum atomic E-state index is 0.0714. The van der Waals surface area contributed by atoms with E-state index in [1.54, 1.807) is 19.0 Å². The Morgan fingerprint density at radius 3 is 2.46 bits per heavy atom. The highest BCUT2D eigenvalue weighted by atomic mass is 16.2. The van der Waals surface area contributed by atoms with Crippen LogP contribution in [0.25, 0.3) is 0 Å². The Morgan fingerprint density at radius 1 is 1.12 bits per heavy atom. The molecule has 0 aromatic carbocycles. The molecular weight excluding hydrogens is 328 g/mol. The van der Waals surface area contributed by atoms with Crippen molar-refractivity contribution in [1.82, 2.24) is 24.7 Å². The molecule has 3 rings (SSSR count). The van der Waals surface area contributed by atoms with Crippen molar-refractivity contribution >= 4 is 11.8 Å². The van der Waals surface area contributed by atoms with Crippen molar-refractivity contribution in [2.45, 2.75) is 19.8 Å². The number of urea groups is 1. The first-order valence-electron chi connectivity index (χ1n) is 9.40. The number of rotatable bonds is 3. The standard InChI is InChI=1S/C19H30N6O/c1-5-8-23-11-13-24(14-12-23)18-16-6-9-25(19(26)22(3)4)10-7-17(16)20-15(2)21-18/h5H,1,6-14H2,2-4H3. The summed E-state index contributed by atoms with van der Waals surface area (Å²) in [5.41, 5.74) is 2.33. The van der Waals surface area contributed by atoms with Gasteiger partial charge in [0.25, 0.3) is 0 Å². The minimum Gasteiger partial charge on any atom is -0.354 e. The van der Waals surface area contributed by atoms with Crippen LogP contribution >= 0.6 is 0 Å². The Labute approximate surface area is 156 Å². The van der Waals surface area contributed by atoms with E-state index in [-0.39, 0.29) is 6.03 Å². The van der Waals surface area contributed by atoms with Crippen molar-refractivity contribution in [2.24, 2.45) is 0 Å². The molecule has 7 heteroatoms. The summed E-state index contributed by atoms with van der Waals surface area (Å²) in [6, 6.07) is 0.0714. The van der Waals surface area contributed by atoms with E-state index in [1.165, 1.54) is 5.56 Å². The predicted octanol–water partition coefficient (Wildman–Crippen LogP) is 1.18. The lowest BCUT2D eigenvalue weighted by atomic mass is 10.1. The Kier molecular flexibility index (Phi) is 5.76. The second-order valence-corrected chi connectivity index (χ2v) is 7.26. The molecule has 1 fully saturated rings. The van der Waals surface area contributed by atoms with Crippen molar-refractivity contribution in [2.75, 3.05) is 64.8 Å². The van der Waals surface area contributed by atoms with E-state index in [4.69, 9.17) is 9.97 Å². The predicted molar refractivity (Wildman–Crippen MR) is 104 cm³/mol. The van der Waals surface area contributed by atoms with Gasteiger partial charge in [-0.25, -0.2) is 14.8 Å². The van der Waals surface area contributed by atoms with E-state index in [9.17, 15) is 4.79 Å². The number of anilines is 1. The molecule has 7 nitrogen and oxygen atoms in total. The van der Waals surface area contributed by atoms with Gasteiger partial charge < -0.3 is 14.7 Å². The lowest BCUT2D eigenvalue weighted by Crippen LogP contribution is -2.47. The van der Waals surface area contributed by atoms with Gasteiger partial charge >= 0.3 is 6.03 Å². The number of piperazine rings is 1. The number of nitrogens with zero attached hydrogens (tertiary/aromatic N) is 6. The molecule has 0 bridgehead atoms. The third-order valence-electron chi connectivity index (χ3n) is 5.15. The monoisotopic (exact) mass is 358 g/mol. The van der Waals surface area contributed by atoms with Crippen LogP contribution in [0, 0.1) is 6.92 Å². The Bertz CT molecular complexity index is 666. The van der Waals surface area contributed by atoms with Crippen molar-refractivity contribution in [1.29, 1.82) is 0 Å². The van der Waals surface area contributed by atoms with Gasteiger partial charge in [-0.2, -0.15) is 0 Å². The lowest BCUT2D eigenvalue weighted by Gasteiger charge is -2.36. The first-order valence-corrected chi connectivity index (χ1v) is 9.40. The van der Waals surface area contributed by atoms with Gasteiger partial charge in [-0.05, 0) is 13.3 Å². The van der Waals surface area contributed by atoms with Crippen LogP contribution < -0.4 is 4.90 Å². The molecule has 0 unspecified atom stereocenters. The highest BCUT2D eigenvalue weighted by Crippen LogP contribution is 2.26. The van der Waals surface area contributed by atoms with Crippen LogP contribution in [0.4, 0.5) is 10.6 Å². The van der Waals surface area contributed by atoms with Crippen LogP contribution in [-0.2, 0) is 12.8 Å². The molecule has 2 aliphatic rings. The van der Waals surface area contributed by atoms with Crippen molar-refractivity contribution in [3.63, 3.8) is 0 Å². The van der Waals surface area contributed by atoms with Crippen molar-refractivity contribution in [3.05, 3.63) is 29.7 Å². The van der Waals surface area contributed by atoms with E-state index >= 15 is 0 Å². The van der Waals surface area contributed by atoms with Crippen LogP contribution in [0.2, 0.25) is 0 Å². The lowest BCUT2D eigenvalue weighted by molar-refractivity contribution is 0.173. The SMILES string of the molecule is C=CCN1CCN(c2nc(C)nc3c2CCN(C(=O)N(C)C)CC3)CC1. The maximum Gasteiger partial charge on any atom is 0.319 e. The fourth-order valence-corrected chi connectivity index (χ4v) is 3.76. The minimum absolute atomic E-state index is 0.0714. The van der Waals surface area contributed by atoms with Gasteiger partial charge in [-0.3, -0.25) is 4.90 Å². The fourth-order valence-electron chi connectivity index (χ4n) is 3.76. The number of fused-ring (bicyclic) bond motifs is 1. The molecule has 1 aromatic heterocycles. The summed E-state index contributed by atoms with van der Waals surface area (Å²) in [5, 5.41) is 0. The number of amides is 2. The quantitative estimate of drug-likeness (QED) is 0.760. The van der Waals surface area contributed by atoms with Gasteiger partial charge in [0.05, 0.1) is 5.69 Å². The van der Waals surface area contributed by atoms with E-state index < -0.39 is 0 Å². The van der Waals surface area contributed by atoms with Gasteiger partial charge in [-0.1, -0.05) is 6.08 Å².